The van der Waals surface area contributed by atoms with Gasteiger partial charge in [-0.3, -0.25) is 4.79 Å². The van der Waals surface area contributed by atoms with E-state index < -0.39 is 17.1 Å². The predicted molar refractivity (Wildman–Crippen MR) is 85.6 cm³/mol. The van der Waals surface area contributed by atoms with Gasteiger partial charge in [-0.2, -0.15) is 0 Å². The number of nitrogens with zero attached hydrogens (tertiary/aromatic N) is 1. The van der Waals surface area contributed by atoms with Gasteiger partial charge >= 0.3 is 5.97 Å². The van der Waals surface area contributed by atoms with Gasteiger partial charge in [0, 0.05) is 26.2 Å². The summed E-state index contributed by atoms with van der Waals surface area (Å²) in [5, 5.41) is 9.06. The molecule has 1 aromatic carbocycles. The smallest absolute Gasteiger partial charge is 0.343 e. The molecule has 2 fully saturated rings. The van der Waals surface area contributed by atoms with Gasteiger partial charge in [0.2, 0.25) is 11.6 Å². The Bertz CT molecular complexity index is 639. The highest BCUT2D eigenvalue weighted by Crippen LogP contribution is 2.39. The fraction of sp³-hybridized carbons (Fsp3) is 0.556. The monoisotopic (exact) mass is 335 g/mol. The number of likely N-dealkylation sites (tertiary alicyclic amines) is 1. The van der Waals surface area contributed by atoms with Crippen molar-refractivity contribution in [2.45, 2.75) is 37.3 Å². The highest BCUT2D eigenvalue weighted by Gasteiger charge is 2.51. The summed E-state index contributed by atoms with van der Waals surface area (Å²) >= 11 is 0. The zero-order valence-electron chi connectivity index (χ0n) is 13.8. The quantitative estimate of drug-likeness (QED) is 0.918. The van der Waals surface area contributed by atoms with Gasteiger partial charge in [-0.25, -0.2) is 9.18 Å². The molecule has 0 aromatic heterocycles. The van der Waals surface area contributed by atoms with E-state index >= 15 is 0 Å². The first-order valence-electron chi connectivity index (χ1n) is 8.24. The van der Waals surface area contributed by atoms with Crippen LogP contribution in [0.15, 0.2) is 24.3 Å². The van der Waals surface area contributed by atoms with Crippen LogP contribution in [0.3, 0.4) is 0 Å². The van der Waals surface area contributed by atoms with Crippen LogP contribution in [0.25, 0.3) is 0 Å². The minimum atomic E-state index is -2.34. The van der Waals surface area contributed by atoms with E-state index in [0.717, 1.165) is 11.1 Å². The number of carbonyl (C=O) groups excluding carboxylic acids is 1. The van der Waals surface area contributed by atoms with E-state index in [0.29, 0.717) is 26.1 Å². The number of alkyl halides is 1. The maximum absolute atomic E-state index is 14.4. The lowest BCUT2D eigenvalue weighted by Crippen LogP contribution is -2.50. The van der Waals surface area contributed by atoms with Crippen LogP contribution in [0.4, 0.5) is 4.39 Å². The number of carboxylic acids is 1. The fourth-order valence-corrected chi connectivity index (χ4v) is 3.64. The molecule has 24 heavy (non-hydrogen) atoms. The molecular formula is C18H22FNO4. The van der Waals surface area contributed by atoms with E-state index in [1.165, 1.54) is 4.90 Å². The Morgan fingerprint density at radius 1 is 1.17 bits per heavy atom. The van der Waals surface area contributed by atoms with E-state index in [1.54, 1.807) is 0 Å². The number of amides is 1. The number of hydrogen-bond donors (Lipinski definition) is 1. The molecule has 3 rings (SSSR count). The summed E-state index contributed by atoms with van der Waals surface area (Å²) in [5.41, 5.74) is -1.10. The van der Waals surface area contributed by atoms with E-state index in [2.05, 4.69) is 0 Å². The number of aliphatic carboxylic acids is 1. The third-order valence-electron chi connectivity index (χ3n) is 5.25. The predicted octanol–water partition coefficient (Wildman–Crippen LogP) is 2.07. The molecular weight excluding hydrogens is 313 g/mol. The Balaban J connectivity index is 1.91. The minimum Gasteiger partial charge on any atom is -0.479 e. The Morgan fingerprint density at radius 3 is 2.33 bits per heavy atom. The van der Waals surface area contributed by atoms with E-state index in [9.17, 15) is 14.0 Å². The van der Waals surface area contributed by atoms with Gasteiger partial charge in [0.05, 0.1) is 12.0 Å². The summed E-state index contributed by atoms with van der Waals surface area (Å²) in [5.74, 6) is -1.68. The molecule has 6 heteroatoms. The first-order valence-corrected chi connectivity index (χ1v) is 8.24. The van der Waals surface area contributed by atoms with Gasteiger partial charge in [-0.1, -0.05) is 29.8 Å². The van der Waals surface area contributed by atoms with Crippen LogP contribution in [0.2, 0.25) is 0 Å². The Kier molecular flexibility index (Phi) is 4.34. The normalized spacial score (nSPS) is 26.3. The molecule has 5 nitrogen and oxygen atoms in total. The second kappa shape index (κ2) is 6.16. The van der Waals surface area contributed by atoms with Gasteiger partial charge in [0.1, 0.15) is 0 Å². The third-order valence-corrected chi connectivity index (χ3v) is 5.25. The maximum Gasteiger partial charge on any atom is 0.343 e. The lowest BCUT2D eigenvalue weighted by Gasteiger charge is -2.39. The van der Waals surface area contributed by atoms with E-state index in [-0.39, 0.29) is 25.4 Å². The molecule has 1 atom stereocenters. The molecule has 0 bridgehead atoms. The van der Waals surface area contributed by atoms with Crippen molar-refractivity contribution in [3.8, 4) is 0 Å². The number of hydrogen-bond acceptors (Lipinski definition) is 3. The van der Waals surface area contributed by atoms with Crippen molar-refractivity contribution in [3.05, 3.63) is 35.4 Å². The van der Waals surface area contributed by atoms with Crippen molar-refractivity contribution in [3.63, 3.8) is 0 Å². The van der Waals surface area contributed by atoms with Crippen molar-refractivity contribution in [2.24, 2.45) is 0 Å². The molecule has 0 spiro atoms. The molecule has 1 amide bonds. The van der Waals surface area contributed by atoms with Crippen molar-refractivity contribution in [1.29, 1.82) is 0 Å². The molecule has 2 aliphatic rings. The topological polar surface area (TPSA) is 66.8 Å². The van der Waals surface area contributed by atoms with E-state index in [1.807, 2.05) is 31.2 Å². The SMILES string of the molecule is Cc1ccc(C2(C(=O)N3CCC(F)(C(=O)O)C3)CCOCC2)cc1. The van der Waals surface area contributed by atoms with Crippen LogP contribution in [0.5, 0.6) is 0 Å². The Hall–Kier alpha value is -1.95. The van der Waals surface area contributed by atoms with Gasteiger partial charge < -0.3 is 14.7 Å². The molecule has 0 radical (unpaired) electrons. The summed E-state index contributed by atoms with van der Waals surface area (Å²) in [6.45, 7) is 2.67. The summed E-state index contributed by atoms with van der Waals surface area (Å²) in [6, 6.07) is 7.80. The number of ether oxygens (including phenoxy) is 1. The molecule has 130 valence electrons. The van der Waals surface area contributed by atoms with Gasteiger partial charge in [0.25, 0.3) is 0 Å². The lowest BCUT2D eigenvalue weighted by molar-refractivity contribution is -0.151. The molecule has 2 saturated heterocycles. The van der Waals surface area contributed by atoms with Crippen LogP contribution < -0.4 is 0 Å². The summed E-state index contributed by atoms with van der Waals surface area (Å²) in [7, 11) is 0. The second-order valence-electron chi connectivity index (χ2n) is 6.81. The molecule has 1 unspecified atom stereocenters. The first kappa shape index (κ1) is 16.9. The van der Waals surface area contributed by atoms with Gasteiger partial charge in [-0.15, -0.1) is 0 Å². The number of aryl methyl sites for hydroxylation is 1. The van der Waals surface area contributed by atoms with Crippen LogP contribution in [-0.4, -0.2) is 53.9 Å². The number of carbonyl (C=O) groups is 2. The van der Waals surface area contributed by atoms with Crippen molar-refractivity contribution < 1.29 is 23.8 Å². The highest BCUT2D eigenvalue weighted by atomic mass is 19.1. The number of rotatable bonds is 3. The van der Waals surface area contributed by atoms with Crippen molar-refractivity contribution in [2.75, 3.05) is 26.3 Å². The fourth-order valence-electron chi connectivity index (χ4n) is 3.64. The van der Waals surface area contributed by atoms with Crippen LogP contribution in [0.1, 0.15) is 30.4 Å². The zero-order chi connectivity index (χ0) is 17.4. The lowest BCUT2D eigenvalue weighted by atomic mass is 9.73. The largest absolute Gasteiger partial charge is 0.479 e. The summed E-state index contributed by atoms with van der Waals surface area (Å²) < 4.78 is 19.8. The average Bonchev–Trinajstić information content (AvgIpc) is 2.99. The van der Waals surface area contributed by atoms with Crippen molar-refractivity contribution in [1.82, 2.24) is 4.90 Å². The summed E-state index contributed by atoms with van der Waals surface area (Å²) in [4.78, 5) is 25.7. The third kappa shape index (κ3) is 2.79. The van der Waals surface area contributed by atoms with E-state index in [4.69, 9.17) is 9.84 Å². The number of halogens is 1. The highest BCUT2D eigenvalue weighted by molar-refractivity contribution is 5.90. The molecule has 0 aliphatic carbocycles. The maximum atomic E-state index is 14.4. The standard InChI is InChI=1S/C18H22FNO4/c1-13-2-4-14(5-3-13)17(7-10-24-11-8-17)15(21)20-9-6-18(19,12-20)16(22)23/h2-5H,6-12H2,1H3,(H,22,23). The second-order valence-corrected chi connectivity index (χ2v) is 6.81. The first-order chi connectivity index (χ1) is 11.4. The zero-order valence-corrected chi connectivity index (χ0v) is 13.8. The Morgan fingerprint density at radius 2 is 1.79 bits per heavy atom. The Labute approximate surface area is 140 Å². The molecule has 0 saturated carbocycles. The average molecular weight is 335 g/mol. The molecule has 2 heterocycles. The number of carboxylic acid groups (broad SMARTS) is 1. The molecule has 1 aromatic rings. The van der Waals surface area contributed by atoms with Gasteiger partial charge in [-0.05, 0) is 25.3 Å². The minimum absolute atomic E-state index is 0.135. The van der Waals surface area contributed by atoms with Gasteiger partial charge in [0.15, 0.2) is 0 Å². The van der Waals surface area contributed by atoms with Crippen LogP contribution in [-0.2, 0) is 19.7 Å². The molecule has 2 aliphatic heterocycles. The number of benzene rings is 1. The van der Waals surface area contributed by atoms with Crippen molar-refractivity contribution >= 4 is 11.9 Å². The molecule has 1 N–H and O–H groups in total. The van der Waals surface area contributed by atoms with Crippen LogP contribution in [0, 0.1) is 6.92 Å². The van der Waals surface area contributed by atoms with Crippen LogP contribution >= 0.6 is 0 Å². The summed E-state index contributed by atoms with van der Waals surface area (Å²) in [6.07, 6.45) is 0.893.